The van der Waals surface area contributed by atoms with Gasteiger partial charge in [0.15, 0.2) is 0 Å². The lowest BCUT2D eigenvalue weighted by atomic mass is 10.1. The average molecular weight is 331 g/mol. The molecule has 0 aliphatic heterocycles. The van der Waals surface area contributed by atoms with Crippen molar-refractivity contribution in [2.45, 2.75) is 13.0 Å². The summed E-state index contributed by atoms with van der Waals surface area (Å²) in [5.74, 6) is 0.896. The van der Waals surface area contributed by atoms with Crippen LogP contribution in [0.3, 0.4) is 0 Å². The summed E-state index contributed by atoms with van der Waals surface area (Å²) in [5.41, 5.74) is 3.21. The van der Waals surface area contributed by atoms with E-state index in [1.54, 1.807) is 6.20 Å². The fourth-order valence-corrected chi connectivity index (χ4v) is 2.77. The van der Waals surface area contributed by atoms with Crippen LogP contribution in [0.5, 0.6) is 0 Å². The molecular weight excluding hydrogens is 316 g/mol. The first-order chi connectivity index (χ1) is 9.67. The molecule has 3 aromatic rings. The van der Waals surface area contributed by atoms with E-state index in [-0.39, 0.29) is 6.04 Å². The fraction of sp³-hybridized carbons (Fsp3) is 0.188. The predicted molar refractivity (Wildman–Crippen MR) is 83.8 cm³/mol. The molecule has 0 bridgehead atoms. The van der Waals surface area contributed by atoms with E-state index in [2.05, 4.69) is 51.4 Å². The summed E-state index contributed by atoms with van der Waals surface area (Å²) in [7, 11) is 1.92. The van der Waals surface area contributed by atoms with Gasteiger partial charge in [-0.1, -0.05) is 11.6 Å². The zero-order chi connectivity index (χ0) is 14.1. The van der Waals surface area contributed by atoms with Gasteiger partial charge in [-0.05, 0) is 59.7 Å². The second-order valence-electron chi connectivity index (χ2n) is 4.85. The molecule has 1 atom stereocenters. The Balaban J connectivity index is 2.07. The van der Waals surface area contributed by atoms with Crippen LogP contribution in [0.15, 0.2) is 51.6 Å². The summed E-state index contributed by atoms with van der Waals surface area (Å²) in [6, 6.07) is 10.3. The zero-order valence-electron chi connectivity index (χ0n) is 11.4. The predicted octanol–water partition coefficient (Wildman–Crippen LogP) is 4.21. The van der Waals surface area contributed by atoms with E-state index < -0.39 is 0 Å². The molecule has 20 heavy (non-hydrogen) atoms. The Morgan fingerprint density at radius 3 is 2.80 bits per heavy atom. The highest BCUT2D eigenvalue weighted by atomic mass is 79.9. The van der Waals surface area contributed by atoms with Gasteiger partial charge < -0.3 is 9.73 Å². The molecule has 2 aromatic heterocycles. The summed E-state index contributed by atoms with van der Waals surface area (Å²) < 4.78 is 6.93. The van der Waals surface area contributed by atoms with E-state index in [0.29, 0.717) is 0 Å². The molecule has 0 aliphatic rings. The lowest BCUT2D eigenvalue weighted by Crippen LogP contribution is -2.17. The summed E-state index contributed by atoms with van der Waals surface area (Å²) in [4.78, 5) is 4.22. The van der Waals surface area contributed by atoms with Crippen molar-refractivity contribution in [3.05, 3.63) is 64.1 Å². The van der Waals surface area contributed by atoms with Crippen LogP contribution < -0.4 is 5.32 Å². The number of halogens is 1. The Kier molecular flexibility index (Phi) is 3.59. The number of aromatic nitrogens is 1. The van der Waals surface area contributed by atoms with Crippen molar-refractivity contribution < 1.29 is 4.42 Å². The van der Waals surface area contributed by atoms with Gasteiger partial charge in [0.25, 0.3) is 0 Å². The quantitative estimate of drug-likeness (QED) is 0.781. The lowest BCUT2D eigenvalue weighted by molar-refractivity contribution is 0.491. The molecule has 0 spiro atoms. The van der Waals surface area contributed by atoms with E-state index in [0.717, 1.165) is 26.8 Å². The largest absolute Gasteiger partial charge is 0.459 e. The molecule has 3 nitrogen and oxygen atoms in total. The Morgan fingerprint density at radius 2 is 2.05 bits per heavy atom. The van der Waals surface area contributed by atoms with Gasteiger partial charge in [0.05, 0.1) is 6.04 Å². The summed E-state index contributed by atoms with van der Waals surface area (Å²) in [6.45, 7) is 2.08. The third kappa shape index (κ3) is 2.49. The molecule has 102 valence electrons. The SMILES string of the molecule is CNC(c1cncc(Br)c1)c1cc2cc(C)ccc2o1. The fourth-order valence-electron chi connectivity index (χ4n) is 2.38. The highest BCUT2D eigenvalue weighted by Crippen LogP contribution is 2.29. The van der Waals surface area contributed by atoms with Crippen molar-refractivity contribution in [3.8, 4) is 0 Å². The van der Waals surface area contributed by atoms with Crippen molar-refractivity contribution in [1.82, 2.24) is 10.3 Å². The molecular formula is C16H15BrN2O. The number of nitrogens with zero attached hydrogens (tertiary/aromatic N) is 1. The number of rotatable bonds is 3. The van der Waals surface area contributed by atoms with Gasteiger partial charge in [-0.2, -0.15) is 0 Å². The van der Waals surface area contributed by atoms with Gasteiger partial charge in [-0.3, -0.25) is 4.98 Å². The monoisotopic (exact) mass is 330 g/mol. The first-order valence-corrected chi connectivity index (χ1v) is 7.24. The van der Waals surface area contributed by atoms with Gasteiger partial charge in [0.1, 0.15) is 11.3 Å². The van der Waals surface area contributed by atoms with Crippen LogP contribution in [0.1, 0.15) is 22.9 Å². The summed E-state index contributed by atoms with van der Waals surface area (Å²) >= 11 is 3.46. The summed E-state index contributed by atoms with van der Waals surface area (Å²) in [6.07, 6.45) is 3.63. The molecule has 4 heteroatoms. The van der Waals surface area contributed by atoms with Crippen molar-refractivity contribution in [2.75, 3.05) is 7.05 Å². The van der Waals surface area contributed by atoms with Crippen LogP contribution in [-0.2, 0) is 0 Å². The van der Waals surface area contributed by atoms with Gasteiger partial charge in [-0.25, -0.2) is 0 Å². The van der Waals surface area contributed by atoms with Crippen molar-refractivity contribution in [1.29, 1.82) is 0 Å². The van der Waals surface area contributed by atoms with E-state index >= 15 is 0 Å². The molecule has 2 heterocycles. The van der Waals surface area contributed by atoms with Gasteiger partial charge >= 0.3 is 0 Å². The van der Waals surface area contributed by atoms with Crippen LogP contribution in [-0.4, -0.2) is 12.0 Å². The van der Waals surface area contributed by atoms with Crippen molar-refractivity contribution in [3.63, 3.8) is 0 Å². The lowest BCUT2D eigenvalue weighted by Gasteiger charge is -2.13. The number of pyridine rings is 1. The van der Waals surface area contributed by atoms with Gasteiger partial charge in [0, 0.05) is 22.3 Å². The van der Waals surface area contributed by atoms with Crippen LogP contribution in [0.25, 0.3) is 11.0 Å². The Bertz CT molecular complexity index is 751. The number of nitrogens with one attached hydrogen (secondary N) is 1. The topological polar surface area (TPSA) is 38.1 Å². The van der Waals surface area contributed by atoms with Crippen molar-refractivity contribution in [2.24, 2.45) is 0 Å². The number of fused-ring (bicyclic) bond motifs is 1. The minimum Gasteiger partial charge on any atom is -0.459 e. The normalized spacial score (nSPS) is 12.8. The Labute approximate surface area is 126 Å². The first-order valence-electron chi connectivity index (χ1n) is 6.45. The molecule has 1 aromatic carbocycles. The maximum Gasteiger partial charge on any atom is 0.134 e. The molecule has 0 aliphatic carbocycles. The molecule has 0 saturated heterocycles. The molecule has 1 N–H and O–H groups in total. The third-order valence-corrected chi connectivity index (χ3v) is 3.76. The average Bonchev–Trinajstić information content (AvgIpc) is 2.82. The highest BCUT2D eigenvalue weighted by molar-refractivity contribution is 9.10. The van der Waals surface area contributed by atoms with Crippen LogP contribution >= 0.6 is 15.9 Å². The standard InChI is InChI=1S/C16H15BrN2O/c1-10-3-4-14-11(5-10)7-15(20-14)16(18-2)12-6-13(17)9-19-8-12/h3-9,16,18H,1-2H3. The van der Waals surface area contributed by atoms with Gasteiger partial charge in [0.2, 0.25) is 0 Å². The maximum absolute atomic E-state index is 5.96. The Morgan fingerprint density at radius 1 is 1.20 bits per heavy atom. The second kappa shape index (κ2) is 5.38. The third-order valence-electron chi connectivity index (χ3n) is 3.32. The van der Waals surface area contributed by atoms with E-state index in [1.165, 1.54) is 5.56 Å². The molecule has 1 unspecified atom stereocenters. The molecule has 0 saturated carbocycles. The second-order valence-corrected chi connectivity index (χ2v) is 5.76. The smallest absolute Gasteiger partial charge is 0.134 e. The van der Waals surface area contributed by atoms with Crippen molar-refractivity contribution >= 4 is 26.9 Å². The maximum atomic E-state index is 5.96. The zero-order valence-corrected chi connectivity index (χ0v) is 12.9. The number of hydrogen-bond acceptors (Lipinski definition) is 3. The number of furan rings is 1. The van der Waals surface area contributed by atoms with E-state index in [9.17, 15) is 0 Å². The molecule has 0 amide bonds. The molecule has 0 fully saturated rings. The number of benzene rings is 1. The highest BCUT2D eigenvalue weighted by Gasteiger charge is 2.17. The van der Waals surface area contributed by atoms with Crippen LogP contribution in [0.4, 0.5) is 0 Å². The van der Waals surface area contributed by atoms with E-state index in [1.807, 2.05) is 25.4 Å². The minimum atomic E-state index is -0.00675. The number of hydrogen-bond donors (Lipinski definition) is 1. The molecule has 3 rings (SSSR count). The van der Waals surface area contributed by atoms with E-state index in [4.69, 9.17) is 4.42 Å². The minimum absolute atomic E-state index is 0.00675. The van der Waals surface area contributed by atoms with Crippen LogP contribution in [0, 0.1) is 6.92 Å². The number of aryl methyl sites for hydroxylation is 1. The summed E-state index contributed by atoms with van der Waals surface area (Å²) in [5, 5.41) is 4.41. The van der Waals surface area contributed by atoms with Crippen LogP contribution in [0.2, 0.25) is 0 Å². The first kappa shape index (κ1) is 13.3. The Hall–Kier alpha value is -1.65. The molecule has 0 radical (unpaired) electrons. The van der Waals surface area contributed by atoms with Gasteiger partial charge in [-0.15, -0.1) is 0 Å².